The minimum Gasteiger partial charge on any atom is -0.377 e. The van der Waals surface area contributed by atoms with E-state index in [1.165, 1.54) is 34.2 Å². The minimum absolute atomic E-state index is 0.343. The fourth-order valence-corrected chi connectivity index (χ4v) is 3.86. The second-order valence-corrected chi connectivity index (χ2v) is 6.88. The second-order valence-electron chi connectivity index (χ2n) is 3.79. The summed E-state index contributed by atoms with van der Waals surface area (Å²) in [5.74, 6) is 0. The Morgan fingerprint density at radius 2 is 1.71 bits per heavy atom. The van der Waals surface area contributed by atoms with Crippen LogP contribution in [0.1, 0.15) is 39.0 Å². The summed E-state index contributed by atoms with van der Waals surface area (Å²) >= 11 is 0. The van der Waals surface area contributed by atoms with Gasteiger partial charge in [0, 0.05) is 26.2 Å². The van der Waals surface area contributed by atoms with Gasteiger partial charge in [-0.15, -0.1) is 0 Å². The predicted molar refractivity (Wildman–Crippen MR) is 68.5 cm³/mol. The minimum atomic E-state index is -2.85. The third-order valence-electron chi connectivity index (χ3n) is 2.78. The van der Waals surface area contributed by atoms with E-state index >= 15 is 0 Å². The zero-order valence-corrected chi connectivity index (χ0v) is 12.2. The Morgan fingerprint density at radius 3 is 2.12 bits per heavy atom. The maximum absolute atomic E-state index is 8.60. The summed E-state index contributed by atoms with van der Waals surface area (Å²) in [5.41, 5.74) is 8.26. The molecule has 0 saturated heterocycles. The van der Waals surface area contributed by atoms with Crippen molar-refractivity contribution in [1.82, 2.24) is 0 Å². The fourth-order valence-electron chi connectivity index (χ4n) is 1.79. The zero-order valence-electron chi connectivity index (χ0n) is 11.2. The highest BCUT2D eigenvalue weighted by atomic mass is 28.4. The Bertz CT molecular complexity index is 235. The van der Waals surface area contributed by atoms with E-state index in [4.69, 9.17) is 18.8 Å². The molecule has 7 heteroatoms. The van der Waals surface area contributed by atoms with Crippen LogP contribution in [0.25, 0.3) is 10.4 Å². The van der Waals surface area contributed by atoms with Gasteiger partial charge < -0.3 is 13.3 Å². The molecule has 0 aliphatic carbocycles. The highest BCUT2D eigenvalue weighted by Gasteiger charge is 2.46. The normalized spacial score (nSPS) is 13.2. The van der Waals surface area contributed by atoms with Gasteiger partial charge in [-0.05, 0) is 12.0 Å². The van der Waals surface area contributed by atoms with Crippen molar-refractivity contribution >= 4 is 8.80 Å². The first kappa shape index (κ1) is 16.4. The summed E-state index contributed by atoms with van der Waals surface area (Å²) in [5, 5.41) is 3.77. The maximum Gasteiger partial charge on any atom is 0.509 e. The van der Waals surface area contributed by atoms with Gasteiger partial charge in [0.25, 0.3) is 0 Å². The van der Waals surface area contributed by atoms with Gasteiger partial charge in [0.05, 0.1) is 0 Å². The zero-order chi connectivity index (χ0) is 13.1. The lowest BCUT2D eigenvalue weighted by molar-refractivity contribution is 0.111. The first-order valence-electron chi connectivity index (χ1n) is 5.90. The molecule has 100 valence electrons. The molecule has 0 N–H and O–H groups in total. The van der Waals surface area contributed by atoms with Crippen LogP contribution < -0.4 is 0 Å². The molecule has 0 aromatic heterocycles. The molecule has 0 aliphatic rings. The summed E-state index contributed by atoms with van der Waals surface area (Å²) in [6.07, 6.45) is 5.21. The molecule has 17 heavy (non-hydrogen) atoms. The van der Waals surface area contributed by atoms with Gasteiger partial charge in [0.2, 0.25) is 0 Å². The van der Waals surface area contributed by atoms with Crippen LogP contribution >= 0.6 is 0 Å². The Hall–Kier alpha value is -0.593. The van der Waals surface area contributed by atoms with Crippen LogP contribution in [0.3, 0.4) is 0 Å². The number of unbranched alkanes of at least 4 members (excludes halogenated alkanes) is 3. The Morgan fingerprint density at radius 1 is 1.12 bits per heavy atom. The van der Waals surface area contributed by atoms with Gasteiger partial charge in [-0.3, -0.25) is 0 Å². The molecule has 0 heterocycles. The predicted octanol–water partition coefficient (Wildman–Crippen LogP) is 3.05. The number of azide groups is 1. The average Bonchev–Trinajstić information content (AvgIpc) is 2.37. The van der Waals surface area contributed by atoms with Gasteiger partial charge in [-0.1, -0.05) is 37.7 Å². The van der Waals surface area contributed by atoms with Crippen molar-refractivity contribution in [2.45, 2.75) is 44.7 Å². The maximum atomic E-state index is 8.60. The molecule has 0 fully saturated rings. The average molecular weight is 261 g/mol. The molecular weight excluding hydrogens is 238 g/mol. The van der Waals surface area contributed by atoms with E-state index in [9.17, 15) is 0 Å². The van der Waals surface area contributed by atoms with Crippen molar-refractivity contribution in [3.8, 4) is 0 Å². The van der Waals surface area contributed by atoms with E-state index in [2.05, 4.69) is 16.9 Å². The molecule has 0 rings (SSSR count). The molecule has 1 atom stereocenters. The Labute approximate surface area is 104 Å². The summed E-state index contributed by atoms with van der Waals surface area (Å²) < 4.78 is 16.0. The number of rotatable bonds is 10. The van der Waals surface area contributed by atoms with Crippen LogP contribution in [0.4, 0.5) is 0 Å². The van der Waals surface area contributed by atoms with Crippen LogP contribution in [-0.2, 0) is 13.3 Å². The standard InChI is InChI=1S/C10H23N3O3Si/c1-5-6-7-8-9-10(12-13-11)17(14-2,15-3)16-4/h10H,5-9H2,1-4H3. The molecule has 6 nitrogen and oxygen atoms in total. The van der Waals surface area contributed by atoms with Gasteiger partial charge in [-0.2, -0.15) is 0 Å². The highest BCUT2D eigenvalue weighted by molar-refractivity contribution is 6.62. The smallest absolute Gasteiger partial charge is 0.377 e. The lowest BCUT2D eigenvalue weighted by Gasteiger charge is -2.29. The largest absolute Gasteiger partial charge is 0.509 e. The van der Waals surface area contributed by atoms with E-state index in [0.717, 1.165) is 19.3 Å². The molecule has 0 spiro atoms. The van der Waals surface area contributed by atoms with E-state index in [1.54, 1.807) is 0 Å². The Balaban J connectivity index is 4.52. The number of hydrogen-bond donors (Lipinski definition) is 0. The van der Waals surface area contributed by atoms with Crippen molar-refractivity contribution < 1.29 is 13.3 Å². The third kappa shape index (κ3) is 5.05. The van der Waals surface area contributed by atoms with E-state index < -0.39 is 8.80 Å². The quantitative estimate of drug-likeness (QED) is 0.199. The first-order valence-corrected chi connectivity index (χ1v) is 7.70. The van der Waals surface area contributed by atoms with Crippen LogP contribution in [0.2, 0.25) is 0 Å². The lowest BCUT2D eigenvalue weighted by Crippen LogP contribution is -2.53. The van der Waals surface area contributed by atoms with E-state index in [-0.39, 0.29) is 5.67 Å². The van der Waals surface area contributed by atoms with Crippen LogP contribution in [0.5, 0.6) is 0 Å². The van der Waals surface area contributed by atoms with Crippen molar-refractivity contribution in [2.75, 3.05) is 21.3 Å². The van der Waals surface area contributed by atoms with Crippen molar-refractivity contribution in [1.29, 1.82) is 0 Å². The molecule has 0 saturated carbocycles. The van der Waals surface area contributed by atoms with Gasteiger partial charge in [0.15, 0.2) is 0 Å². The molecule has 0 aromatic rings. The molecule has 1 unspecified atom stereocenters. The van der Waals surface area contributed by atoms with Crippen LogP contribution in [-0.4, -0.2) is 35.8 Å². The summed E-state index contributed by atoms with van der Waals surface area (Å²) in [7, 11) is 1.75. The molecule has 0 aliphatic heterocycles. The van der Waals surface area contributed by atoms with Crippen LogP contribution in [0, 0.1) is 0 Å². The SMILES string of the molecule is CCCCCCC(N=[N+]=[N-])[Si](OC)(OC)OC. The lowest BCUT2D eigenvalue weighted by atomic mass is 10.1. The molecule has 0 amide bonds. The number of hydrogen-bond acceptors (Lipinski definition) is 4. The topological polar surface area (TPSA) is 76.5 Å². The molecule has 0 radical (unpaired) electrons. The monoisotopic (exact) mass is 261 g/mol. The van der Waals surface area contributed by atoms with E-state index in [0.29, 0.717) is 0 Å². The van der Waals surface area contributed by atoms with Gasteiger partial charge in [0.1, 0.15) is 5.67 Å². The van der Waals surface area contributed by atoms with Gasteiger partial charge >= 0.3 is 8.80 Å². The summed E-state index contributed by atoms with van der Waals surface area (Å²) in [4.78, 5) is 2.86. The molecule has 0 bridgehead atoms. The van der Waals surface area contributed by atoms with Gasteiger partial charge in [-0.25, -0.2) is 0 Å². The summed E-state index contributed by atoms with van der Waals surface area (Å²) in [6, 6.07) is 0. The first-order chi connectivity index (χ1) is 8.20. The number of nitrogens with zero attached hydrogens (tertiary/aromatic N) is 3. The fraction of sp³-hybridized carbons (Fsp3) is 1.00. The Kier molecular flexibility index (Phi) is 9.11. The summed E-state index contributed by atoms with van der Waals surface area (Å²) in [6.45, 7) is 2.16. The van der Waals surface area contributed by atoms with E-state index in [1.807, 2.05) is 0 Å². The second kappa shape index (κ2) is 9.44. The van der Waals surface area contributed by atoms with Crippen molar-refractivity contribution in [3.63, 3.8) is 0 Å². The third-order valence-corrected chi connectivity index (χ3v) is 5.71. The molecule has 0 aromatic carbocycles. The van der Waals surface area contributed by atoms with Crippen molar-refractivity contribution in [2.24, 2.45) is 5.11 Å². The molecular formula is C10H23N3O3Si. The van der Waals surface area contributed by atoms with Crippen LogP contribution in [0.15, 0.2) is 5.11 Å². The highest BCUT2D eigenvalue weighted by Crippen LogP contribution is 2.21. The van der Waals surface area contributed by atoms with Crippen molar-refractivity contribution in [3.05, 3.63) is 10.4 Å².